The van der Waals surface area contributed by atoms with Gasteiger partial charge in [0.05, 0.1) is 26.4 Å². The highest BCUT2D eigenvalue weighted by Gasteiger charge is 2.29. The Hall–Kier alpha value is -4.31. The molecule has 16 nitrogen and oxygen atoms in total. The number of unbranched alkanes of at least 4 members (excludes halogenated alkanes) is 37. The number of aliphatic hydroxyl groups is 2. The van der Waals surface area contributed by atoms with Gasteiger partial charge in [0, 0.05) is 19.3 Å². The normalized spacial score (nSPS) is 14.5. The summed E-state index contributed by atoms with van der Waals surface area (Å²) in [6.45, 7) is 2.56. The van der Waals surface area contributed by atoms with E-state index in [1.54, 1.807) is 0 Å². The number of hydrogen-bond acceptors (Lipinski definition) is 14. The number of aliphatic hydroxyl groups excluding tert-OH is 2. The van der Waals surface area contributed by atoms with Gasteiger partial charge in [-0.1, -0.05) is 341 Å². The molecule has 0 spiro atoms. The third kappa shape index (κ3) is 84.4. The van der Waals surface area contributed by atoms with E-state index in [1.807, 2.05) is 0 Å². The van der Waals surface area contributed by atoms with Crippen LogP contribution in [-0.4, -0.2) is 95.9 Å². The van der Waals surface area contributed by atoms with Crippen LogP contribution in [0.25, 0.3) is 0 Å². The van der Waals surface area contributed by atoms with E-state index in [9.17, 15) is 43.5 Å². The minimum absolute atomic E-state index is 0.0943. The van der Waals surface area contributed by atoms with Crippen LogP contribution in [0.3, 0.4) is 0 Å². The van der Waals surface area contributed by atoms with Gasteiger partial charge in [-0.15, -0.1) is 0 Å². The quantitative estimate of drug-likeness (QED) is 0.0146. The Balaban J connectivity index is 4.53. The molecule has 0 aromatic heterocycles. The lowest BCUT2D eigenvalue weighted by atomic mass is 10.0. The van der Waals surface area contributed by atoms with Gasteiger partial charge in [0.25, 0.3) is 0 Å². The molecule has 18 heteroatoms. The Labute approximate surface area is 665 Å². The summed E-state index contributed by atoms with van der Waals surface area (Å²) in [5.41, 5.74) is 0. The fraction of sp³-hybridized carbons (Fsp3) is 0.725. The second-order valence-corrected chi connectivity index (χ2v) is 31.9. The van der Waals surface area contributed by atoms with Gasteiger partial charge in [-0.05, 0) is 141 Å². The fourth-order valence-electron chi connectivity index (χ4n) is 11.7. The molecule has 5 unspecified atom stereocenters. The number of esters is 3. The number of phosphoric acid groups is 2. The van der Waals surface area contributed by atoms with Crippen LogP contribution in [0.15, 0.2) is 134 Å². The van der Waals surface area contributed by atoms with Crippen LogP contribution in [0.4, 0.5) is 0 Å². The van der Waals surface area contributed by atoms with E-state index >= 15 is 0 Å². The molecule has 5 atom stereocenters. The molecule has 0 aromatic rings. The molecule has 0 aliphatic heterocycles. The molecule has 4 N–H and O–H groups in total. The molecule has 0 aliphatic rings. The lowest BCUT2D eigenvalue weighted by molar-refractivity contribution is -0.161. The average molecular weight is 1570 g/mol. The van der Waals surface area contributed by atoms with Crippen molar-refractivity contribution in [3.8, 4) is 0 Å². The summed E-state index contributed by atoms with van der Waals surface area (Å²) < 4.78 is 61.3. The smallest absolute Gasteiger partial charge is 0.463 e. The molecule has 628 valence electrons. The Morgan fingerprint density at radius 2 is 0.486 bits per heavy atom. The minimum Gasteiger partial charge on any atom is -0.463 e. The van der Waals surface area contributed by atoms with Crippen molar-refractivity contribution in [2.24, 2.45) is 0 Å². The molecule has 0 bridgehead atoms. The molecule has 0 saturated heterocycles. The first kappa shape index (κ1) is 105. The first-order valence-corrected chi connectivity index (χ1v) is 46.5. The van der Waals surface area contributed by atoms with Gasteiger partial charge in [-0.25, -0.2) is 9.13 Å². The number of ether oxygens (including phenoxy) is 3. The van der Waals surface area contributed by atoms with Gasteiger partial charge < -0.3 is 34.2 Å². The summed E-state index contributed by atoms with van der Waals surface area (Å²) in [6, 6.07) is 0. The Morgan fingerprint density at radius 1 is 0.266 bits per heavy atom. The summed E-state index contributed by atoms with van der Waals surface area (Å²) in [5, 5.41) is 20.7. The topological polar surface area (TPSA) is 231 Å². The van der Waals surface area contributed by atoms with E-state index < -0.39 is 91.5 Å². The zero-order valence-electron chi connectivity index (χ0n) is 68.9. The number of rotatable bonds is 82. The van der Waals surface area contributed by atoms with Gasteiger partial charge in [-0.3, -0.25) is 32.5 Å². The van der Waals surface area contributed by atoms with Crippen molar-refractivity contribution in [3.05, 3.63) is 134 Å². The van der Waals surface area contributed by atoms with Crippen molar-refractivity contribution in [2.45, 2.75) is 386 Å². The van der Waals surface area contributed by atoms with Crippen LogP contribution in [0, 0.1) is 0 Å². The van der Waals surface area contributed by atoms with Crippen molar-refractivity contribution in [1.82, 2.24) is 0 Å². The maximum absolute atomic E-state index is 13.0. The van der Waals surface area contributed by atoms with Gasteiger partial charge in [0.2, 0.25) is 0 Å². The molecule has 0 aromatic carbocycles. The van der Waals surface area contributed by atoms with E-state index in [0.717, 1.165) is 154 Å². The minimum atomic E-state index is -4.94. The molecule has 0 aliphatic carbocycles. The standard InChI is InChI=1S/C91H158O16P2/c1-4-7-10-13-16-19-22-25-28-30-32-34-36-38-40-42-44-46-48-50-52-54-57-59-62-65-68-71-74-77-89(94)101-80-86(92)81-103-108(97,98)104-82-87(93)83-105-109(99,100)106-85-88(107-91(96)79-76-73-70-67-64-61-56-27-24-21-18-15-12-9-6-3)84-102-90(95)78-75-72-69-66-63-60-58-55-53-51-49-47-45-43-41-39-37-35-33-31-29-26-23-20-17-14-11-8-5-2/h7,10,16-17,19-20,25-29,32-35,38-41,44,46,56,86-88,92-93H,4-6,8-9,11-15,18,21-24,30-31,36-37,42-43,45,47-55,57-85H2,1-3H3,(H,97,98)(H,99,100)/b10-7-,19-16-,20-17-,28-25-,29-26-,34-32-,35-33-,40-38-,41-39-,46-44-,56-27-. The first-order valence-electron chi connectivity index (χ1n) is 43.5. The second kappa shape index (κ2) is 83.1. The largest absolute Gasteiger partial charge is 0.472 e. The molecule has 0 amide bonds. The molecule has 0 heterocycles. The maximum Gasteiger partial charge on any atom is 0.472 e. The molecule has 0 saturated carbocycles. The predicted octanol–water partition coefficient (Wildman–Crippen LogP) is 26.2. The predicted molar refractivity (Wildman–Crippen MR) is 454 cm³/mol. The number of phosphoric ester groups is 2. The highest BCUT2D eigenvalue weighted by molar-refractivity contribution is 7.47. The van der Waals surface area contributed by atoms with Crippen molar-refractivity contribution >= 4 is 33.6 Å². The molecule has 0 radical (unpaired) electrons. The monoisotopic (exact) mass is 1570 g/mol. The third-order valence-electron chi connectivity index (χ3n) is 18.3. The summed E-state index contributed by atoms with van der Waals surface area (Å²) in [4.78, 5) is 58.8. The van der Waals surface area contributed by atoms with Crippen LogP contribution >= 0.6 is 15.6 Å². The maximum atomic E-state index is 13.0. The van der Waals surface area contributed by atoms with Crippen molar-refractivity contribution in [3.63, 3.8) is 0 Å². The average Bonchev–Trinajstić information content (AvgIpc) is 0.903. The SMILES string of the molecule is CC/C=C\C/C=C\C/C=C\C/C=C\C/C=C\C/C=C\CCCCCCCCCCCCC(=O)OCC(O)COP(=O)(O)OCC(O)COP(=O)(O)OCC(COC(=O)CCCCCCCCCCCCCCC/C=C\C/C=C\C/C=C\C/C=C\CCCCC)OC(=O)CCCCCCC/C=C\CCCCCCCC. The Bertz CT molecular complexity index is 2510. The number of carbonyl (C=O) groups excluding carboxylic acids is 3. The summed E-state index contributed by atoms with van der Waals surface area (Å²) >= 11 is 0. The Morgan fingerprint density at radius 3 is 0.798 bits per heavy atom. The van der Waals surface area contributed by atoms with E-state index in [0.29, 0.717) is 19.3 Å². The summed E-state index contributed by atoms with van der Waals surface area (Å²) in [5.74, 6) is -1.58. The second-order valence-electron chi connectivity index (χ2n) is 29.0. The lowest BCUT2D eigenvalue weighted by Crippen LogP contribution is -2.30. The van der Waals surface area contributed by atoms with Crippen molar-refractivity contribution in [2.75, 3.05) is 39.6 Å². The molecule has 0 rings (SSSR count). The Kier molecular flexibility index (Phi) is 79.8. The third-order valence-corrected chi connectivity index (χ3v) is 20.2. The van der Waals surface area contributed by atoms with Crippen LogP contribution in [0.2, 0.25) is 0 Å². The van der Waals surface area contributed by atoms with Gasteiger partial charge >= 0.3 is 33.6 Å². The van der Waals surface area contributed by atoms with Crippen LogP contribution in [0.5, 0.6) is 0 Å². The molecular weight excluding hydrogens is 1410 g/mol. The molecular formula is C91H158O16P2. The van der Waals surface area contributed by atoms with Gasteiger partial charge in [0.15, 0.2) is 6.10 Å². The van der Waals surface area contributed by atoms with E-state index in [2.05, 4.69) is 154 Å². The number of allylic oxidation sites excluding steroid dienone is 22. The summed E-state index contributed by atoms with van der Waals surface area (Å²) in [6.07, 6.45) is 102. The van der Waals surface area contributed by atoms with Crippen LogP contribution in [0.1, 0.15) is 367 Å². The van der Waals surface area contributed by atoms with Crippen molar-refractivity contribution < 1.29 is 75.8 Å². The lowest BCUT2D eigenvalue weighted by Gasteiger charge is -2.21. The molecule has 109 heavy (non-hydrogen) atoms. The summed E-state index contributed by atoms with van der Waals surface area (Å²) in [7, 11) is -9.80. The highest BCUT2D eigenvalue weighted by Crippen LogP contribution is 2.45. The zero-order chi connectivity index (χ0) is 79.4. The number of hydrogen-bond donors (Lipinski definition) is 4. The number of carbonyl (C=O) groups is 3. The molecule has 0 fully saturated rings. The van der Waals surface area contributed by atoms with Gasteiger partial charge in [0.1, 0.15) is 25.4 Å². The highest BCUT2D eigenvalue weighted by atomic mass is 31.2. The zero-order valence-corrected chi connectivity index (χ0v) is 70.7. The first-order chi connectivity index (χ1) is 53.2. The van der Waals surface area contributed by atoms with Crippen molar-refractivity contribution in [1.29, 1.82) is 0 Å². The van der Waals surface area contributed by atoms with E-state index in [4.69, 9.17) is 32.3 Å². The van der Waals surface area contributed by atoms with Gasteiger partial charge in [-0.2, -0.15) is 0 Å². The van der Waals surface area contributed by atoms with Crippen LogP contribution in [-0.2, 0) is 55.8 Å². The van der Waals surface area contributed by atoms with Crippen LogP contribution < -0.4 is 0 Å². The fourth-order valence-corrected chi connectivity index (χ4v) is 13.3. The van der Waals surface area contributed by atoms with E-state index in [-0.39, 0.29) is 19.3 Å². The van der Waals surface area contributed by atoms with E-state index in [1.165, 1.54) is 154 Å².